The second-order valence-electron chi connectivity index (χ2n) is 6.16. The second-order valence-corrected chi connectivity index (χ2v) is 6.16. The largest absolute Gasteiger partial charge is 0.338 e. The van der Waals surface area contributed by atoms with Crippen molar-refractivity contribution in [3.05, 3.63) is 47.8 Å². The summed E-state index contributed by atoms with van der Waals surface area (Å²) in [6, 6.07) is 9.89. The quantitative estimate of drug-likeness (QED) is 0.826. The monoisotopic (exact) mass is 324 g/mol. The Morgan fingerprint density at radius 2 is 2.12 bits per heavy atom. The first-order valence-electron chi connectivity index (χ1n) is 8.73. The summed E-state index contributed by atoms with van der Waals surface area (Å²) in [5.41, 5.74) is 3.12. The van der Waals surface area contributed by atoms with E-state index < -0.39 is 0 Å². The number of aromatic nitrogens is 2. The third-order valence-corrected chi connectivity index (χ3v) is 4.33. The fourth-order valence-corrected chi connectivity index (χ4v) is 3.01. The number of fused-ring (bicyclic) bond motifs is 1. The lowest BCUT2D eigenvalue weighted by atomic mass is 9.92. The van der Waals surface area contributed by atoms with Gasteiger partial charge in [-0.05, 0) is 25.7 Å². The average molecular weight is 324 g/mol. The molecule has 1 aliphatic carbocycles. The summed E-state index contributed by atoms with van der Waals surface area (Å²) >= 11 is 0. The van der Waals surface area contributed by atoms with Gasteiger partial charge in [0.2, 0.25) is 0 Å². The molecule has 0 fully saturated rings. The predicted molar refractivity (Wildman–Crippen MR) is 94.6 cm³/mol. The molecule has 0 radical (unpaired) electrons. The Hall–Kier alpha value is -2.43. The van der Waals surface area contributed by atoms with Crippen LogP contribution in [0.4, 0.5) is 4.79 Å². The van der Waals surface area contributed by atoms with Crippen LogP contribution < -0.4 is 10.6 Å². The minimum absolute atomic E-state index is 0.000185. The zero-order chi connectivity index (χ0) is 16.8. The maximum atomic E-state index is 12.0. The van der Waals surface area contributed by atoms with Crippen LogP contribution in [0.25, 0.3) is 11.4 Å². The third kappa shape index (κ3) is 3.91. The molecule has 24 heavy (non-hydrogen) atoms. The molecule has 1 aromatic carbocycles. The van der Waals surface area contributed by atoms with E-state index in [1.54, 1.807) is 0 Å². The van der Waals surface area contributed by atoms with E-state index in [4.69, 9.17) is 4.98 Å². The Morgan fingerprint density at radius 3 is 2.92 bits per heavy atom. The van der Waals surface area contributed by atoms with Gasteiger partial charge in [0.1, 0.15) is 0 Å². The van der Waals surface area contributed by atoms with Crippen molar-refractivity contribution in [2.75, 3.05) is 6.54 Å². The first kappa shape index (κ1) is 16.4. The Balaban J connectivity index is 1.73. The van der Waals surface area contributed by atoms with Crippen molar-refractivity contribution < 1.29 is 4.79 Å². The number of amides is 2. The van der Waals surface area contributed by atoms with Crippen molar-refractivity contribution in [1.29, 1.82) is 0 Å². The van der Waals surface area contributed by atoms with Crippen LogP contribution in [0.1, 0.15) is 49.9 Å². The second kappa shape index (κ2) is 7.90. The normalized spacial score (nSPS) is 16.3. The molecule has 1 aromatic heterocycles. The minimum atomic E-state index is -0.103. The first-order valence-corrected chi connectivity index (χ1v) is 8.73. The number of hydrogen-bond donors (Lipinski definition) is 2. The van der Waals surface area contributed by atoms with Crippen molar-refractivity contribution in [3.8, 4) is 11.4 Å². The van der Waals surface area contributed by atoms with Crippen LogP contribution >= 0.6 is 0 Å². The van der Waals surface area contributed by atoms with E-state index in [0.29, 0.717) is 6.54 Å². The van der Waals surface area contributed by atoms with Gasteiger partial charge in [-0.2, -0.15) is 0 Å². The zero-order valence-corrected chi connectivity index (χ0v) is 14.1. The summed E-state index contributed by atoms with van der Waals surface area (Å²) in [5, 5.41) is 5.97. The fourth-order valence-electron chi connectivity index (χ4n) is 3.01. The number of hydrogen-bond acceptors (Lipinski definition) is 3. The van der Waals surface area contributed by atoms with Gasteiger partial charge in [-0.25, -0.2) is 14.8 Å². The maximum absolute atomic E-state index is 12.0. The van der Waals surface area contributed by atoms with E-state index in [9.17, 15) is 4.79 Å². The van der Waals surface area contributed by atoms with Crippen molar-refractivity contribution in [1.82, 2.24) is 20.6 Å². The third-order valence-electron chi connectivity index (χ3n) is 4.33. The lowest BCUT2D eigenvalue weighted by molar-refractivity contribution is 0.235. The van der Waals surface area contributed by atoms with Gasteiger partial charge in [0.15, 0.2) is 5.82 Å². The molecule has 2 amide bonds. The Kier molecular flexibility index (Phi) is 5.41. The molecule has 1 heterocycles. The van der Waals surface area contributed by atoms with Gasteiger partial charge in [0.25, 0.3) is 0 Å². The van der Waals surface area contributed by atoms with Crippen molar-refractivity contribution >= 4 is 6.03 Å². The molecule has 0 spiro atoms. The average Bonchev–Trinajstić information content (AvgIpc) is 2.62. The maximum Gasteiger partial charge on any atom is 0.315 e. The molecule has 2 N–H and O–H groups in total. The first-order chi connectivity index (χ1) is 11.8. The lowest BCUT2D eigenvalue weighted by Crippen LogP contribution is -2.39. The number of rotatable bonds is 5. The number of unbranched alkanes of at least 4 members (excludes halogenated alkanes) is 1. The Morgan fingerprint density at radius 1 is 1.29 bits per heavy atom. The van der Waals surface area contributed by atoms with E-state index in [1.807, 2.05) is 36.5 Å². The molecule has 0 saturated heterocycles. The molecule has 0 saturated carbocycles. The highest BCUT2D eigenvalue weighted by atomic mass is 16.2. The molecular formula is C19H24N4O. The van der Waals surface area contributed by atoms with E-state index in [2.05, 4.69) is 22.5 Å². The van der Waals surface area contributed by atoms with E-state index in [0.717, 1.165) is 54.7 Å². The van der Waals surface area contributed by atoms with E-state index in [1.165, 1.54) is 0 Å². The van der Waals surface area contributed by atoms with Crippen LogP contribution in [0.3, 0.4) is 0 Å². The number of carbonyl (C=O) groups is 1. The van der Waals surface area contributed by atoms with Crippen molar-refractivity contribution in [2.45, 2.75) is 45.1 Å². The lowest BCUT2D eigenvalue weighted by Gasteiger charge is -2.25. The summed E-state index contributed by atoms with van der Waals surface area (Å²) < 4.78 is 0. The number of carbonyl (C=O) groups excluding carboxylic acids is 1. The number of urea groups is 1. The van der Waals surface area contributed by atoms with Gasteiger partial charge < -0.3 is 10.6 Å². The van der Waals surface area contributed by atoms with Gasteiger partial charge >= 0.3 is 6.03 Å². The highest BCUT2D eigenvalue weighted by Crippen LogP contribution is 2.29. The number of nitrogens with zero attached hydrogens (tertiary/aromatic N) is 2. The van der Waals surface area contributed by atoms with E-state index >= 15 is 0 Å². The number of benzene rings is 1. The SMILES string of the molecule is CCCCNC(=O)NC1CCCc2nc(-c3ccccc3)ncc21. The van der Waals surface area contributed by atoms with E-state index in [-0.39, 0.29) is 12.1 Å². The van der Waals surface area contributed by atoms with Crippen molar-refractivity contribution in [2.24, 2.45) is 0 Å². The van der Waals surface area contributed by atoms with Gasteiger partial charge in [0.05, 0.1) is 6.04 Å². The molecule has 1 unspecified atom stereocenters. The van der Waals surface area contributed by atoms with Gasteiger partial charge in [0, 0.05) is 29.6 Å². The molecule has 2 aromatic rings. The molecular weight excluding hydrogens is 300 g/mol. The number of nitrogens with one attached hydrogen (secondary N) is 2. The van der Waals surface area contributed by atoms with Crippen LogP contribution in [0, 0.1) is 0 Å². The summed E-state index contributed by atoms with van der Waals surface area (Å²) in [6.45, 7) is 2.82. The molecule has 3 rings (SSSR count). The van der Waals surface area contributed by atoms with Gasteiger partial charge in [-0.15, -0.1) is 0 Å². The summed E-state index contributed by atoms with van der Waals surface area (Å²) in [7, 11) is 0. The molecule has 1 aliphatic rings. The number of aryl methyl sites for hydroxylation is 1. The van der Waals surface area contributed by atoms with Crippen LogP contribution in [-0.4, -0.2) is 22.5 Å². The van der Waals surface area contributed by atoms with Crippen LogP contribution in [0.2, 0.25) is 0 Å². The molecule has 126 valence electrons. The van der Waals surface area contributed by atoms with Crippen LogP contribution in [0.15, 0.2) is 36.5 Å². The fraction of sp³-hybridized carbons (Fsp3) is 0.421. The highest BCUT2D eigenvalue weighted by Gasteiger charge is 2.23. The standard InChI is InChI=1S/C19H24N4O/c1-2-3-12-20-19(24)23-17-11-7-10-16-15(17)13-21-18(22-16)14-8-5-4-6-9-14/h4-6,8-9,13,17H,2-3,7,10-12H2,1H3,(H2,20,23,24). The molecule has 5 nitrogen and oxygen atoms in total. The van der Waals surface area contributed by atoms with Gasteiger partial charge in [-0.3, -0.25) is 0 Å². The smallest absolute Gasteiger partial charge is 0.315 e. The molecule has 0 aliphatic heterocycles. The zero-order valence-electron chi connectivity index (χ0n) is 14.1. The predicted octanol–water partition coefficient (Wildman–Crippen LogP) is 3.62. The van der Waals surface area contributed by atoms with Crippen molar-refractivity contribution in [3.63, 3.8) is 0 Å². The van der Waals surface area contributed by atoms with Gasteiger partial charge in [-0.1, -0.05) is 43.7 Å². The highest BCUT2D eigenvalue weighted by molar-refractivity contribution is 5.74. The molecule has 1 atom stereocenters. The van der Waals surface area contributed by atoms with Crippen LogP contribution in [0.5, 0.6) is 0 Å². The molecule has 0 bridgehead atoms. The summed E-state index contributed by atoms with van der Waals surface area (Å²) in [6.07, 6.45) is 6.84. The Bertz CT molecular complexity index is 687. The minimum Gasteiger partial charge on any atom is -0.338 e. The van der Waals surface area contributed by atoms with Crippen LogP contribution in [-0.2, 0) is 6.42 Å². The summed E-state index contributed by atoms with van der Waals surface area (Å²) in [5.74, 6) is 0.752. The topological polar surface area (TPSA) is 66.9 Å². The molecule has 5 heteroatoms. The Labute approximate surface area is 142 Å². The summed E-state index contributed by atoms with van der Waals surface area (Å²) in [4.78, 5) is 21.3.